The molecule has 0 aromatic rings. The fourth-order valence-electron chi connectivity index (χ4n) is 9.82. The van der Waals surface area contributed by atoms with E-state index in [-0.39, 0.29) is 49.5 Å². The fraction of sp³-hybridized carbons (Fsp3) is 0.814. The normalized spacial score (nSPS) is 42.7. The van der Waals surface area contributed by atoms with Gasteiger partial charge in [0.1, 0.15) is 18.0 Å². The monoisotopic (exact) mass is 791 g/mol. The molecule has 1 aliphatic carbocycles. The minimum absolute atomic E-state index is 0.0244. The van der Waals surface area contributed by atoms with Crippen molar-refractivity contribution in [2.45, 2.75) is 166 Å². The number of aliphatic hydroxyl groups is 4. The number of rotatable bonds is 6. The number of ketones is 2. The summed E-state index contributed by atoms with van der Waals surface area (Å²) in [4.78, 5) is 58.8. The van der Waals surface area contributed by atoms with Crippen molar-refractivity contribution in [1.82, 2.24) is 4.90 Å². The third-order valence-electron chi connectivity index (χ3n) is 13.3. The van der Waals surface area contributed by atoms with E-state index in [9.17, 15) is 39.6 Å². The molecule has 0 aromatic carbocycles. The molecule has 1 spiro atoms. The number of allylic oxidation sites excluding steroid dienone is 3. The second kappa shape index (κ2) is 19.5. The molecule has 4 aliphatic rings. The number of esters is 1. The number of carbonyl (C=O) groups is 4. The molecule has 13 nitrogen and oxygen atoms in total. The summed E-state index contributed by atoms with van der Waals surface area (Å²) in [5.74, 6) is -5.40. The number of amides is 1. The first-order chi connectivity index (χ1) is 26.4. The van der Waals surface area contributed by atoms with Crippen LogP contribution < -0.4 is 0 Å². The predicted molar refractivity (Wildman–Crippen MR) is 208 cm³/mol. The Balaban J connectivity index is 1.82. The standard InChI is InChI=1S/C43H69NO12/c1-10-30-18-24(2)17-25(3)19-35(54-8)37(48)36(55-9)21-27(5)43(52)39(49)42(15-11-12-16-44(42)40(43)50)41(51)56-38(28(6)32(46)23-33(30)47)26(4)20-29-13-14-31(45)34(22-29)53-7/h18,20,25,27-32,34-38,45-46,48,52H,10-17,19,21-23H2,1-9H3/b24-18+,26-20+/t25-,27-,28?,29?,30+,31?,32-,34+,35-,36-,37+,38+,42+,43-/m0/s1. The Kier molecular flexibility index (Phi) is 16.1. The molecule has 1 amide bonds. The quantitative estimate of drug-likeness (QED) is 0.173. The minimum atomic E-state index is -2.61. The van der Waals surface area contributed by atoms with Crippen LogP contribution in [0.5, 0.6) is 0 Å². The molecule has 3 aliphatic heterocycles. The summed E-state index contributed by atoms with van der Waals surface area (Å²) in [5.41, 5.74) is -3.15. The molecular formula is C43H69NO12. The predicted octanol–water partition coefficient (Wildman–Crippen LogP) is 3.86. The Bertz CT molecular complexity index is 1460. The van der Waals surface area contributed by atoms with Crippen LogP contribution in [-0.4, -0.2) is 131 Å². The molecule has 318 valence electrons. The van der Waals surface area contributed by atoms with E-state index in [0.29, 0.717) is 56.9 Å². The lowest BCUT2D eigenvalue weighted by molar-refractivity contribution is -0.171. The van der Waals surface area contributed by atoms with Crippen molar-refractivity contribution in [3.05, 3.63) is 23.3 Å². The topological polar surface area (TPSA) is 189 Å². The van der Waals surface area contributed by atoms with Gasteiger partial charge in [0.25, 0.3) is 5.91 Å². The molecule has 4 N–H and O–H groups in total. The van der Waals surface area contributed by atoms with E-state index in [4.69, 9.17) is 18.9 Å². The van der Waals surface area contributed by atoms with Gasteiger partial charge in [-0.1, -0.05) is 45.4 Å². The highest BCUT2D eigenvalue weighted by molar-refractivity contribution is 6.28. The van der Waals surface area contributed by atoms with E-state index >= 15 is 0 Å². The van der Waals surface area contributed by atoms with Crippen LogP contribution in [0.1, 0.15) is 112 Å². The summed E-state index contributed by atoms with van der Waals surface area (Å²) < 4.78 is 23.3. The lowest BCUT2D eigenvalue weighted by Gasteiger charge is -2.40. The fourth-order valence-corrected chi connectivity index (χ4v) is 9.82. The summed E-state index contributed by atoms with van der Waals surface area (Å²) >= 11 is 0. The largest absolute Gasteiger partial charge is 0.455 e. The van der Waals surface area contributed by atoms with Crippen LogP contribution in [-0.2, 0) is 38.1 Å². The molecule has 0 radical (unpaired) electrons. The summed E-state index contributed by atoms with van der Waals surface area (Å²) in [7, 11) is 4.45. The lowest BCUT2D eigenvalue weighted by Crippen LogP contribution is -2.60. The Labute approximate surface area is 333 Å². The molecule has 56 heavy (non-hydrogen) atoms. The van der Waals surface area contributed by atoms with Crippen LogP contribution in [0.2, 0.25) is 0 Å². The summed E-state index contributed by atoms with van der Waals surface area (Å²) in [6.45, 7) is 11.0. The van der Waals surface area contributed by atoms with E-state index < -0.39 is 83.2 Å². The highest BCUT2D eigenvalue weighted by Crippen LogP contribution is 2.46. The molecule has 3 fully saturated rings. The van der Waals surface area contributed by atoms with Gasteiger partial charge in [-0.15, -0.1) is 0 Å². The highest BCUT2D eigenvalue weighted by atomic mass is 16.6. The number of nitrogens with zero attached hydrogens (tertiary/aromatic N) is 1. The Morgan fingerprint density at radius 2 is 1.55 bits per heavy atom. The van der Waals surface area contributed by atoms with Crippen molar-refractivity contribution in [3.63, 3.8) is 0 Å². The number of cyclic esters (lactones) is 1. The maximum atomic E-state index is 14.8. The van der Waals surface area contributed by atoms with Crippen molar-refractivity contribution in [2.75, 3.05) is 27.9 Å². The van der Waals surface area contributed by atoms with Gasteiger partial charge < -0.3 is 44.3 Å². The van der Waals surface area contributed by atoms with Crippen molar-refractivity contribution in [3.8, 4) is 0 Å². The van der Waals surface area contributed by atoms with Gasteiger partial charge in [-0.25, -0.2) is 4.79 Å². The number of piperidine rings is 1. The molecule has 14 atom stereocenters. The van der Waals surface area contributed by atoms with Crippen molar-refractivity contribution < 1.29 is 58.6 Å². The number of methoxy groups -OCH3 is 3. The van der Waals surface area contributed by atoms with Gasteiger partial charge in [0, 0.05) is 52.0 Å². The van der Waals surface area contributed by atoms with Crippen LogP contribution >= 0.6 is 0 Å². The zero-order valence-electron chi connectivity index (χ0n) is 35.1. The summed E-state index contributed by atoms with van der Waals surface area (Å²) in [6, 6.07) is 0. The number of Topliss-reactive ketones (excluding diaryl/α,β-unsaturated/α-hetero) is 2. The van der Waals surface area contributed by atoms with E-state index in [1.54, 1.807) is 27.9 Å². The maximum absolute atomic E-state index is 14.8. The average molecular weight is 792 g/mol. The molecule has 0 aromatic heterocycles. The average Bonchev–Trinajstić information content (AvgIpc) is 3.35. The Hall–Kier alpha value is -2.52. The van der Waals surface area contributed by atoms with Crippen LogP contribution in [0.4, 0.5) is 0 Å². The molecule has 2 saturated heterocycles. The Morgan fingerprint density at radius 1 is 0.911 bits per heavy atom. The van der Waals surface area contributed by atoms with Crippen molar-refractivity contribution in [1.29, 1.82) is 0 Å². The van der Waals surface area contributed by atoms with Crippen LogP contribution in [0, 0.1) is 29.6 Å². The van der Waals surface area contributed by atoms with Crippen molar-refractivity contribution >= 4 is 23.4 Å². The molecule has 2 bridgehead atoms. The first-order valence-corrected chi connectivity index (χ1v) is 20.7. The number of carbonyl (C=O) groups excluding carboxylic acids is 4. The van der Waals surface area contributed by atoms with Crippen molar-refractivity contribution in [2.24, 2.45) is 29.6 Å². The first-order valence-electron chi connectivity index (χ1n) is 20.7. The van der Waals surface area contributed by atoms with Gasteiger partial charge in [0.05, 0.1) is 30.5 Å². The van der Waals surface area contributed by atoms with E-state index in [1.165, 1.54) is 14.2 Å². The summed E-state index contributed by atoms with van der Waals surface area (Å²) in [6.07, 6.45) is 1.58. The van der Waals surface area contributed by atoms with Gasteiger partial charge in [-0.05, 0) is 95.5 Å². The van der Waals surface area contributed by atoms with Gasteiger partial charge in [-0.2, -0.15) is 0 Å². The number of hydrogen-bond donors (Lipinski definition) is 4. The second-order valence-corrected chi connectivity index (χ2v) is 17.4. The number of hydrogen-bond acceptors (Lipinski definition) is 12. The number of ether oxygens (including phenoxy) is 4. The van der Waals surface area contributed by atoms with Gasteiger partial charge in [0.15, 0.2) is 0 Å². The smallest absolute Gasteiger partial charge is 0.340 e. The van der Waals surface area contributed by atoms with Crippen LogP contribution in [0.25, 0.3) is 0 Å². The van der Waals surface area contributed by atoms with Gasteiger partial charge in [0.2, 0.25) is 16.9 Å². The third kappa shape index (κ3) is 9.35. The zero-order chi connectivity index (χ0) is 41.7. The first kappa shape index (κ1) is 46.2. The molecule has 4 rings (SSSR count). The van der Waals surface area contributed by atoms with E-state index in [1.807, 2.05) is 32.9 Å². The highest BCUT2D eigenvalue weighted by Gasteiger charge is 2.72. The van der Waals surface area contributed by atoms with E-state index in [0.717, 1.165) is 10.5 Å². The summed E-state index contributed by atoms with van der Waals surface area (Å²) in [5, 5.41) is 46.0. The number of fused-ring (bicyclic) bond motifs is 1. The molecule has 3 heterocycles. The van der Waals surface area contributed by atoms with Crippen LogP contribution in [0.3, 0.4) is 0 Å². The molecule has 3 unspecified atom stereocenters. The van der Waals surface area contributed by atoms with E-state index in [2.05, 4.69) is 0 Å². The second-order valence-electron chi connectivity index (χ2n) is 17.4. The maximum Gasteiger partial charge on any atom is 0.340 e. The molecular weight excluding hydrogens is 722 g/mol. The molecule has 13 heteroatoms. The zero-order valence-corrected chi connectivity index (χ0v) is 35.1. The number of aliphatic hydroxyl groups excluding tert-OH is 3. The van der Waals surface area contributed by atoms with Gasteiger partial charge >= 0.3 is 5.97 Å². The van der Waals surface area contributed by atoms with Crippen LogP contribution in [0.15, 0.2) is 23.3 Å². The Morgan fingerprint density at radius 3 is 2.18 bits per heavy atom. The molecule has 1 saturated carbocycles. The lowest BCUT2D eigenvalue weighted by atomic mass is 9.75. The minimum Gasteiger partial charge on any atom is -0.455 e. The SMILES string of the molecule is CC[C@@H]1/C=C(\C)C[C@H](C)C[C@H](OC)[C@@H](O)[C@@H](OC)C[C@H](C)[C@@]2(O)C(=O)N3CCCC[C@]3(C(=O)O[C@H](/C(C)=C/C3CCC(O)[C@H](OC)C3)C(C)[C@@H](O)CC1=O)C2=O. The third-order valence-corrected chi connectivity index (χ3v) is 13.3. The van der Waals surface area contributed by atoms with Gasteiger partial charge in [-0.3, -0.25) is 14.4 Å².